The molecule has 0 aromatic rings. The SMILES string of the molecule is OC(CCCC1CCCO1)CCCC1CCCO1. The molecule has 0 aromatic heterocycles. The molecule has 0 aromatic carbocycles. The van der Waals surface area contributed by atoms with Crippen LogP contribution in [0, 0.1) is 0 Å². The van der Waals surface area contributed by atoms with Crippen LogP contribution in [0.4, 0.5) is 0 Å². The molecule has 0 aliphatic carbocycles. The van der Waals surface area contributed by atoms with Crippen LogP contribution in [-0.2, 0) is 9.47 Å². The molecule has 2 heterocycles. The van der Waals surface area contributed by atoms with Crippen molar-refractivity contribution in [1.82, 2.24) is 0 Å². The van der Waals surface area contributed by atoms with E-state index in [0.717, 1.165) is 51.7 Å². The van der Waals surface area contributed by atoms with Crippen molar-refractivity contribution < 1.29 is 14.6 Å². The molecule has 0 spiro atoms. The van der Waals surface area contributed by atoms with Crippen LogP contribution in [0.25, 0.3) is 0 Å². The highest BCUT2D eigenvalue weighted by Gasteiger charge is 2.17. The maximum absolute atomic E-state index is 9.92. The van der Waals surface area contributed by atoms with Gasteiger partial charge in [0.15, 0.2) is 0 Å². The maximum atomic E-state index is 9.92. The largest absolute Gasteiger partial charge is 0.393 e. The first-order valence-corrected chi connectivity index (χ1v) is 7.76. The monoisotopic (exact) mass is 256 g/mol. The molecule has 2 unspecified atom stereocenters. The van der Waals surface area contributed by atoms with Crippen LogP contribution in [-0.4, -0.2) is 36.6 Å². The predicted octanol–water partition coefficient (Wildman–Crippen LogP) is 3.05. The Balaban J connectivity index is 1.43. The number of hydrogen-bond donors (Lipinski definition) is 1. The molecule has 0 radical (unpaired) electrons. The van der Waals surface area contributed by atoms with Crippen LogP contribution >= 0.6 is 0 Å². The van der Waals surface area contributed by atoms with Crippen LogP contribution in [0.1, 0.15) is 64.2 Å². The molecule has 2 aliphatic rings. The number of hydrogen-bond acceptors (Lipinski definition) is 3. The Kier molecular flexibility index (Phi) is 6.46. The Morgan fingerprint density at radius 1 is 0.889 bits per heavy atom. The fourth-order valence-corrected chi connectivity index (χ4v) is 3.05. The van der Waals surface area contributed by atoms with E-state index in [2.05, 4.69) is 0 Å². The van der Waals surface area contributed by atoms with Crippen molar-refractivity contribution in [3.8, 4) is 0 Å². The van der Waals surface area contributed by atoms with Gasteiger partial charge in [0.1, 0.15) is 0 Å². The molecule has 2 rings (SSSR count). The van der Waals surface area contributed by atoms with Crippen molar-refractivity contribution >= 4 is 0 Å². The van der Waals surface area contributed by atoms with Crippen LogP contribution in [0.15, 0.2) is 0 Å². The van der Waals surface area contributed by atoms with Gasteiger partial charge < -0.3 is 14.6 Å². The molecule has 0 bridgehead atoms. The Morgan fingerprint density at radius 2 is 1.39 bits per heavy atom. The van der Waals surface area contributed by atoms with Crippen LogP contribution in [0.3, 0.4) is 0 Å². The minimum Gasteiger partial charge on any atom is -0.393 e. The molecule has 0 amide bonds. The number of aliphatic hydroxyl groups is 1. The van der Waals surface area contributed by atoms with E-state index in [0.29, 0.717) is 12.2 Å². The lowest BCUT2D eigenvalue weighted by atomic mass is 10.0. The standard InChI is InChI=1S/C15H28O3/c16-13(5-1-7-14-9-3-11-17-14)6-2-8-15-10-4-12-18-15/h13-16H,1-12H2. The van der Waals surface area contributed by atoms with E-state index in [9.17, 15) is 5.11 Å². The lowest BCUT2D eigenvalue weighted by Gasteiger charge is -2.14. The average molecular weight is 256 g/mol. The molecule has 3 nitrogen and oxygen atoms in total. The second-order valence-electron chi connectivity index (χ2n) is 5.79. The van der Waals surface area contributed by atoms with Crippen molar-refractivity contribution in [3.63, 3.8) is 0 Å². The molecule has 3 heteroatoms. The summed E-state index contributed by atoms with van der Waals surface area (Å²) >= 11 is 0. The van der Waals surface area contributed by atoms with Gasteiger partial charge in [-0.2, -0.15) is 0 Å². The Morgan fingerprint density at radius 3 is 1.78 bits per heavy atom. The van der Waals surface area contributed by atoms with Crippen LogP contribution in [0.2, 0.25) is 0 Å². The lowest BCUT2D eigenvalue weighted by molar-refractivity contribution is 0.0854. The van der Waals surface area contributed by atoms with Crippen molar-refractivity contribution in [3.05, 3.63) is 0 Å². The summed E-state index contributed by atoms with van der Waals surface area (Å²) in [4.78, 5) is 0. The van der Waals surface area contributed by atoms with Crippen molar-refractivity contribution in [1.29, 1.82) is 0 Å². The van der Waals surface area contributed by atoms with Crippen molar-refractivity contribution in [2.45, 2.75) is 82.5 Å². The number of aliphatic hydroxyl groups excluding tert-OH is 1. The van der Waals surface area contributed by atoms with Gasteiger partial charge in [0.05, 0.1) is 18.3 Å². The maximum Gasteiger partial charge on any atom is 0.0576 e. The zero-order chi connectivity index (χ0) is 12.6. The predicted molar refractivity (Wildman–Crippen MR) is 71.7 cm³/mol. The van der Waals surface area contributed by atoms with Gasteiger partial charge in [0, 0.05) is 13.2 Å². The second kappa shape index (κ2) is 8.13. The topological polar surface area (TPSA) is 38.7 Å². The minimum absolute atomic E-state index is 0.118. The van der Waals surface area contributed by atoms with E-state index in [4.69, 9.17) is 9.47 Å². The third-order valence-electron chi connectivity index (χ3n) is 4.17. The van der Waals surface area contributed by atoms with Gasteiger partial charge in [-0.05, 0) is 64.2 Å². The van der Waals surface area contributed by atoms with Gasteiger partial charge in [-0.3, -0.25) is 0 Å². The minimum atomic E-state index is -0.118. The summed E-state index contributed by atoms with van der Waals surface area (Å²) in [5, 5.41) is 9.92. The Bertz CT molecular complexity index is 186. The highest BCUT2D eigenvalue weighted by molar-refractivity contribution is 4.68. The first kappa shape index (κ1) is 14.3. The van der Waals surface area contributed by atoms with Gasteiger partial charge in [0.25, 0.3) is 0 Å². The smallest absolute Gasteiger partial charge is 0.0576 e. The average Bonchev–Trinajstić information content (AvgIpc) is 3.01. The Hall–Kier alpha value is -0.120. The molecule has 0 saturated carbocycles. The normalized spacial score (nSPS) is 29.8. The summed E-state index contributed by atoms with van der Waals surface area (Å²) in [6.07, 6.45) is 12.0. The molecule has 106 valence electrons. The molecule has 18 heavy (non-hydrogen) atoms. The fourth-order valence-electron chi connectivity index (χ4n) is 3.05. The molecular formula is C15H28O3. The van der Waals surface area contributed by atoms with Crippen LogP contribution < -0.4 is 0 Å². The van der Waals surface area contributed by atoms with Gasteiger partial charge in [-0.15, -0.1) is 0 Å². The third-order valence-corrected chi connectivity index (χ3v) is 4.17. The summed E-state index contributed by atoms with van der Waals surface area (Å²) in [6.45, 7) is 1.88. The number of ether oxygens (including phenoxy) is 2. The van der Waals surface area contributed by atoms with Gasteiger partial charge in [-0.25, -0.2) is 0 Å². The van der Waals surface area contributed by atoms with E-state index < -0.39 is 0 Å². The van der Waals surface area contributed by atoms with Crippen molar-refractivity contribution in [2.75, 3.05) is 13.2 Å². The fraction of sp³-hybridized carbons (Fsp3) is 1.00. The second-order valence-corrected chi connectivity index (χ2v) is 5.79. The highest BCUT2D eigenvalue weighted by Crippen LogP contribution is 2.21. The Labute approximate surface area is 111 Å². The lowest BCUT2D eigenvalue weighted by Crippen LogP contribution is -2.11. The zero-order valence-corrected chi connectivity index (χ0v) is 11.5. The summed E-state index contributed by atoms with van der Waals surface area (Å²) in [6, 6.07) is 0. The quantitative estimate of drug-likeness (QED) is 0.725. The van der Waals surface area contributed by atoms with Gasteiger partial charge >= 0.3 is 0 Å². The summed E-state index contributed by atoms with van der Waals surface area (Å²) < 4.78 is 11.2. The van der Waals surface area contributed by atoms with Gasteiger partial charge in [-0.1, -0.05) is 0 Å². The van der Waals surface area contributed by atoms with Gasteiger partial charge in [0.2, 0.25) is 0 Å². The molecule has 2 aliphatic heterocycles. The van der Waals surface area contributed by atoms with E-state index in [1.165, 1.54) is 25.7 Å². The zero-order valence-electron chi connectivity index (χ0n) is 11.5. The first-order chi connectivity index (χ1) is 8.84. The summed E-state index contributed by atoms with van der Waals surface area (Å²) in [7, 11) is 0. The van der Waals surface area contributed by atoms with E-state index in [-0.39, 0.29) is 6.10 Å². The summed E-state index contributed by atoms with van der Waals surface area (Å²) in [5.74, 6) is 0. The third kappa shape index (κ3) is 5.25. The highest BCUT2D eigenvalue weighted by atomic mass is 16.5. The molecule has 2 atom stereocenters. The van der Waals surface area contributed by atoms with E-state index in [1.54, 1.807) is 0 Å². The molecule has 2 fully saturated rings. The molecular weight excluding hydrogens is 228 g/mol. The number of rotatable bonds is 8. The van der Waals surface area contributed by atoms with Crippen LogP contribution in [0.5, 0.6) is 0 Å². The van der Waals surface area contributed by atoms with Crippen molar-refractivity contribution in [2.24, 2.45) is 0 Å². The molecule has 2 saturated heterocycles. The van der Waals surface area contributed by atoms with E-state index >= 15 is 0 Å². The first-order valence-electron chi connectivity index (χ1n) is 7.76. The summed E-state index contributed by atoms with van der Waals surface area (Å²) in [5.41, 5.74) is 0. The molecule has 1 N–H and O–H groups in total. The van der Waals surface area contributed by atoms with E-state index in [1.807, 2.05) is 0 Å².